The molecule has 2 rings (SSSR count). The summed E-state index contributed by atoms with van der Waals surface area (Å²) in [7, 11) is 0. The van der Waals surface area contributed by atoms with Crippen molar-refractivity contribution < 1.29 is 14.3 Å². The smallest absolute Gasteiger partial charge is 0.417 e. The summed E-state index contributed by atoms with van der Waals surface area (Å²) < 4.78 is 5.18. The number of ether oxygens (including phenoxy) is 1. The fourth-order valence-corrected chi connectivity index (χ4v) is 1.81. The van der Waals surface area contributed by atoms with Gasteiger partial charge in [-0.25, -0.2) is 9.69 Å². The van der Waals surface area contributed by atoms with E-state index in [1.54, 1.807) is 38.1 Å². The molecule has 1 aliphatic rings. The van der Waals surface area contributed by atoms with Crippen LogP contribution >= 0.6 is 0 Å². The summed E-state index contributed by atoms with van der Waals surface area (Å²) in [5.41, 5.74) is -0.143. The van der Waals surface area contributed by atoms with Crippen molar-refractivity contribution in [2.75, 3.05) is 0 Å². The van der Waals surface area contributed by atoms with Gasteiger partial charge in [-0.3, -0.25) is 4.79 Å². The van der Waals surface area contributed by atoms with Crippen LogP contribution in [0.2, 0.25) is 0 Å². The average Bonchev–Trinajstić information content (AvgIpc) is 2.49. The molecular formula is C13H15NO3. The topological polar surface area (TPSA) is 46.6 Å². The van der Waals surface area contributed by atoms with Crippen LogP contribution in [0.3, 0.4) is 0 Å². The van der Waals surface area contributed by atoms with E-state index >= 15 is 0 Å². The lowest BCUT2D eigenvalue weighted by atomic mass is 10.0. The van der Waals surface area contributed by atoms with Crippen LogP contribution < -0.4 is 0 Å². The number of hydrogen-bond donors (Lipinski definition) is 0. The second kappa shape index (κ2) is 3.87. The highest BCUT2D eigenvalue weighted by molar-refractivity contribution is 6.04. The lowest BCUT2D eigenvalue weighted by molar-refractivity contribution is 0.0697. The standard InChI is InChI=1S/C13H15NO3/c1-9-13(2,3)17-12(16)14(9)11(15)10-7-5-4-6-8-10/h4-9H,1-3H3/t9-/m0/s1. The largest absolute Gasteiger partial charge is 0.441 e. The Bertz CT molecular complexity index is 453. The van der Waals surface area contributed by atoms with Crippen LogP contribution in [-0.4, -0.2) is 28.5 Å². The number of imide groups is 1. The normalized spacial score (nSPS) is 22.4. The molecule has 1 saturated heterocycles. The predicted octanol–water partition coefficient (Wildman–Crippen LogP) is 2.45. The minimum absolute atomic E-state index is 0.275. The van der Waals surface area contributed by atoms with Crippen molar-refractivity contribution in [3.63, 3.8) is 0 Å². The Hall–Kier alpha value is -1.84. The molecule has 1 fully saturated rings. The third-order valence-electron chi connectivity index (χ3n) is 3.18. The molecule has 1 aliphatic heterocycles. The third kappa shape index (κ3) is 1.90. The molecule has 1 aromatic carbocycles. The van der Waals surface area contributed by atoms with Crippen LogP contribution in [0.15, 0.2) is 30.3 Å². The van der Waals surface area contributed by atoms with Crippen molar-refractivity contribution in [2.24, 2.45) is 0 Å². The lowest BCUT2D eigenvalue weighted by Crippen LogP contribution is -2.42. The second-order valence-electron chi connectivity index (χ2n) is 4.69. The Labute approximate surface area is 100 Å². The van der Waals surface area contributed by atoms with Crippen LogP contribution in [0.1, 0.15) is 31.1 Å². The van der Waals surface area contributed by atoms with Crippen LogP contribution in [0.5, 0.6) is 0 Å². The molecule has 90 valence electrons. The van der Waals surface area contributed by atoms with Crippen molar-refractivity contribution in [1.29, 1.82) is 0 Å². The maximum Gasteiger partial charge on any atom is 0.417 e. The zero-order valence-electron chi connectivity index (χ0n) is 10.1. The Kier molecular flexibility index (Phi) is 2.65. The van der Waals surface area contributed by atoms with Gasteiger partial charge in [-0.15, -0.1) is 0 Å². The predicted molar refractivity (Wildman–Crippen MR) is 62.6 cm³/mol. The molecule has 0 spiro atoms. The first-order valence-electron chi connectivity index (χ1n) is 5.55. The molecule has 0 aromatic heterocycles. The average molecular weight is 233 g/mol. The number of rotatable bonds is 1. The fraction of sp³-hybridized carbons (Fsp3) is 0.385. The Morgan fingerprint density at radius 2 is 1.88 bits per heavy atom. The van der Waals surface area contributed by atoms with Crippen LogP contribution in [0.4, 0.5) is 4.79 Å². The number of carbonyl (C=O) groups is 2. The maximum atomic E-state index is 12.2. The molecular weight excluding hydrogens is 218 g/mol. The summed E-state index contributed by atoms with van der Waals surface area (Å²) >= 11 is 0. The van der Waals surface area contributed by atoms with Gasteiger partial charge in [-0.05, 0) is 32.9 Å². The third-order valence-corrected chi connectivity index (χ3v) is 3.18. The van der Waals surface area contributed by atoms with Gasteiger partial charge in [-0.1, -0.05) is 18.2 Å². The Morgan fingerprint density at radius 3 is 2.35 bits per heavy atom. The van der Waals surface area contributed by atoms with E-state index in [2.05, 4.69) is 0 Å². The number of cyclic esters (lactones) is 1. The molecule has 1 heterocycles. The van der Waals surface area contributed by atoms with Gasteiger partial charge in [0.2, 0.25) is 0 Å². The first-order valence-corrected chi connectivity index (χ1v) is 5.55. The number of carbonyl (C=O) groups excluding carboxylic acids is 2. The summed E-state index contributed by atoms with van der Waals surface area (Å²) in [6, 6.07) is 8.46. The number of amides is 2. The number of hydrogen-bond acceptors (Lipinski definition) is 3. The first-order chi connectivity index (χ1) is 7.93. The monoisotopic (exact) mass is 233 g/mol. The van der Waals surface area contributed by atoms with Crippen LogP contribution in [0, 0.1) is 0 Å². The van der Waals surface area contributed by atoms with E-state index in [0.717, 1.165) is 0 Å². The van der Waals surface area contributed by atoms with Crippen molar-refractivity contribution in [2.45, 2.75) is 32.4 Å². The van der Waals surface area contributed by atoms with Crippen molar-refractivity contribution in [3.05, 3.63) is 35.9 Å². The van der Waals surface area contributed by atoms with Gasteiger partial charge in [0.1, 0.15) is 5.60 Å². The number of nitrogens with zero attached hydrogens (tertiary/aromatic N) is 1. The van der Waals surface area contributed by atoms with E-state index in [1.807, 2.05) is 13.0 Å². The molecule has 0 N–H and O–H groups in total. The zero-order valence-corrected chi connectivity index (χ0v) is 10.1. The SMILES string of the molecule is C[C@@H]1N(C(=O)c2ccccc2)C(=O)OC1(C)C. The van der Waals surface area contributed by atoms with Crippen LogP contribution in [0.25, 0.3) is 0 Å². The van der Waals surface area contributed by atoms with Gasteiger partial charge in [0, 0.05) is 5.56 Å². The van der Waals surface area contributed by atoms with Gasteiger partial charge in [0.25, 0.3) is 5.91 Å². The Balaban J connectivity index is 2.30. The highest BCUT2D eigenvalue weighted by atomic mass is 16.6. The quantitative estimate of drug-likeness (QED) is 0.748. The summed E-state index contributed by atoms with van der Waals surface area (Å²) in [5, 5.41) is 0. The van der Waals surface area contributed by atoms with Gasteiger partial charge in [0.15, 0.2) is 0 Å². The molecule has 0 aliphatic carbocycles. The fourth-order valence-electron chi connectivity index (χ4n) is 1.81. The highest BCUT2D eigenvalue weighted by Gasteiger charge is 2.48. The zero-order chi connectivity index (χ0) is 12.6. The molecule has 2 amide bonds. The van der Waals surface area contributed by atoms with Crippen molar-refractivity contribution >= 4 is 12.0 Å². The van der Waals surface area contributed by atoms with E-state index in [1.165, 1.54) is 4.90 Å². The lowest BCUT2D eigenvalue weighted by Gasteiger charge is -2.23. The molecule has 1 aromatic rings. The molecule has 4 heteroatoms. The minimum atomic E-state index is -0.637. The molecule has 0 unspecified atom stereocenters. The summed E-state index contributed by atoms with van der Waals surface area (Å²) in [6.45, 7) is 5.41. The highest BCUT2D eigenvalue weighted by Crippen LogP contribution is 2.30. The minimum Gasteiger partial charge on any atom is -0.441 e. The Morgan fingerprint density at radius 1 is 1.29 bits per heavy atom. The molecule has 0 bridgehead atoms. The van der Waals surface area contributed by atoms with E-state index in [9.17, 15) is 9.59 Å². The molecule has 17 heavy (non-hydrogen) atoms. The van der Waals surface area contributed by atoms with Crippen molar-refractivity contribution in [1.82, 2.24) is 4.90 Å². The van der Waals surface area contributed by atoms with Gasteiger partial charge in [-0.2, -0.15) is 0 Å². The van der Waals surface area contributed by atoms with Gasteiger partial charge in [0.05, 0.1) is 6.04 Å². The first kappa shape index (κ1) is 11.6. The van der Waals surface area contributed by atoms with E-state index in [0.29, 0.717) is 5.56 Å². The second-order valence-corrected chi connectivity index (χ2v) is 4.69. The van der Waals surface area contributed by atoms with E-state index in [-0.39, 0.29) is 11.9 Å². The molecule has 0 radical (unpaired) electrons. The van der Waals surface area contributed by atoms with E-state index < -0.39 is 11.7 Å². The summed E-state index contributed by atoms with van der Waals surface area (Å²) in [6.07, 6.45) is -0.573. The molecule has 4 nitrogen and oxygen atoms in total. The van der Waals surface area contributed by atoms with Crippen molar-refractivity contribution in [3.8, 4) is 0 Å². The molecule has 1 atom stereocenters. The van der Waals surface area contributed by atoms with Gasteiger partial charge < -0.3 is 4.74 Å². The summed E-state index contributed by atoms with van der Waals surface area (Å²) in [5.74, 6) is -0.311. The van der Waals surface area contributed by atoms with Crippen LogP contribution in [-0.2, 0) is 4.74 Å². The summed E-state index contributed by atoms with van der Waals surface area (Å²) in [4.78, 5) is 25.1. The van der Waals surface area contributed by atoms with E-state index in [4.69, 9.17) is 4.74 Å². The molecule has 0 saturated carbocycles. The number of benzene rings is 1. The van der Waals surface area contributed by atoms with Gasteiger partial charge >= 0.3 is 6.09 Å². The maximum absolute atomic E-state index is 12.2.